The number of thiocarbonyl (C=S) groups is 1. The average molecular weight is 270 g/mol. The lowest BCUT2D eigenvalue weighted by atomic mass is 10.1. The third kappa shape index (κ3) is 4.44. The summed E-state index contributed by atoms with van der Waals surface area (Å²) in [5, 5.41) is 2.92. The molecule has 2 atom stereocenters. The highest BCUT2D eigenvalue weighted by atomic mass is 32.1. The quantitative estimate of drug-likeness (QED) is 0.805. The van der Waals surface area contributed by atoms with E-state index in [1.54, 1.807) is 18.3 Å². The summed E-state index contributed by atoms with van der Waals surface area (Å²) in [4.78, 5) is 14.5. The van der Waals surface area contributed by atoms with E-state index in [1.807, 2.05) is 6.92 Å². The summed E-state index contributed by atoms with van der Waals surface area (Å²) >= 11 is 6.56. The van der Waals surface area contributed by atoms with Crippen LogP contribution in [0, 0.1) is 12.8 Å². The smallest absolute Gasteiger partial charge is 0.229 e. The third-order valence-corrected chi connectivity index (χ3v) is 3.89. The maximum absolute atomic E-state index is 11.7. The standard InChI is InChI=1S/C12H18N2OS2/c1-7(6-10-5-4-8(2)17-10)14-12(15)9(3)11(13)16/h4-5,7,9H,6H2,1-3H3,(H2,13,16)(H,14,15). The fourth-order valence-corrected chi connectivity index (χ4v) is 2.57. The SMILES string of the molecule is Cc1ccc(CC(C)NC(=O)C(C)C(N)=S)s1. The van der Waals surface area contributed by atoms with Gasteiger partial charge in [0.1, 0.15) is 0 Å². The fourth-order valence-electron chi connectivity index (χ4n) is 1.44. The molecule has 17 heavy (non-hydrogen) atoms. The minimum Gasteiger partial charge on any atom is -0.393 e. The molecule has 0 saturated heterocycles. The first-order chi connectivity index (χ1) is 7.90. The molecule has 5 heteroatoms. The predicted octanol–water partition coefficient (Wildman–Crippen LogP) is 2.03. The molecular formula is C12H18N2OS2. The van der Waals surface area contributed by atoms with Gasteiger partial charge in [0, 0.05) is 22.2 Å². The van der Waals surface area contributed by atoms with Crippen LogP contribution in [-0.4, -0.2) is 16.9 Å². The van der Waals surface area contributed by atoms with Crippen molar-refractivity contribution in [3.63, 3.8) is 0 Å². The van der Waals surface area contributed by atoms with Crippen LogP contribution in [0.25, 0.3) is 0 Å². The van der Waals surface area contributed by atoms with E-state index in [1.165, 1.54) is 9.75 Å². The van der Waals surface area contributed by atoms with E-state index < -0.39 is 5.92 Å². The molecule has 0 aliphatic heterocycles. The number of aryl methyl sites for hydroxylation is 1. The van der Waals surface area contributed by atoms with Crippen molar-refractivity contribution in [2.24, 2.45) is 11.7 Å². The number of thiophene rings is 1. The van der Waals surface area contributed by atoms with E-state index in [4.69, 9.17) is 18.0 Å². The van der Waals surface area contributed by atoms with E-state index in [-0.39, 0.29) is 16.9 Å². The van der Waals surface area contributed by atoms with Gasteiger partial charge in [-0.3, -0.25) is 4.79 Å². The van der Waals surface area contributed by atoms with Crippen molar-refractivity contribution in [1.82, 2.24) is 5.32 Å². The lowest BCUT2D eigenvalue weighted by molar-refractivity contribution is -0.123. The highest BCUT2D eigenvalue weighted by molar-refractivity contribution is 7.80. The zero-order valence-corrected chi connectivity index (χ0v) is 12.0. The van der Waals surface area contributed by atoms with Gasteiger partial charge >= 0.3 is 0 Å². The summed E-state index contributed by atoms with van der Waals surface area (Å²) in [5.74, 6) is -0.504. The Bertz CT molecular complexity index is 414. The number of carbonyl (C=O) groups is 1. The first kappa shape index (κ1) is 14.1. The molecule has 0 radical (unpaired) electrons. The Labute approximate surface area is 111 Å². The molecule has 1 amide bonds. The Hall–Kier alpha value is -0.940. The molecule has 0 aliphatic rings. The molecule has 0 aliphatic carbocycles. The maximum Gasteiger partial charge on any atom is 0.229 e. The second-order valence-corrected chi connectivity index (χ2v) is 6.09. The molecule has 0 aromatic carbocycles. The van der Waals surface area contributed by atoms with Crippen molar-refractivity contribution in [1.29, 1.82) is 0 Å². The van der Waals surface area contributed by atoms with E-state index in [0.29, 0.717) is 0 Å². The first-order valence-corrected chi connectivity index (χ1v) is 6.77. The van der Waals surface area contributed by atoms with Crippen LogP contribution >= 0.6 is 23.6 Å². The highest BCUT2D eigenvalue weighted by Crippen LogP contribution is 2.16. The molecule has 94 valence electrons. The van der Waals surface area contributed by atoms with E-state index in [9.17, 15) is 4.79 Å². The molecule has 0 saturated carbocycles. The average Bonchev–Trinajstić information content (AvgIpc) is 2.62. The van der Waals surface area contributed by atoms with Crippen LogP contribution in [0.4, 0.5) is 0 Å². The van der Waals surface area contributed by atoms with Gasteiger partial charge in [0.15, 0.2) is 0 Å². The molecule has 1 aromatic rings. The van der Waals surface area contributed by atoms with E-state index >= 15 is 0 Å². The zero-order valence-electron chi connectivity index (χ0n) is 10.3. The molecule has 0 spiro atoms. The van der Waals surface area contributed by atoms with Gasteiger partial charge in [-0.25, -0.2) is 0 Å². The van der Waals surface area contributed by atoms with Crippen LogP contribution in [-0.2, 0) is 11.2 Å². The van der Waals surface area contributed by atoms with Crippen molar-refractivity contribution >= 4 is 34.5 Å². The molecule has 1 rings (SSSR count). The van der Waals surface area contributed by atoms with E-state index in [2.05, 4.69) is 24.4 Å². The fraction of sp³-hybridized carbons (Fsp3) is 0.500. The minimum absolute atomic E-state index is 0.0948. The largest absolute Gasteiger partial charge is 0.393 e. The number of rotatable bonds is 5. The topological polar surface area (TPSA) is 55.1 Å². The Morgan fingerprint density at radius 2 is 2.18 bits per heavy atom. The molecule has 1 aromatic heterocycles. The Morgan fingerprint density at radius 3 is 2.65 bits per heavy atom. The summed E-state index contributed by atoms with van der Waals surface area (Å²) in [5.41, 5.74) is 5.44. The second-order valence-electron chi connectivity index (χ2n) is 4.25. The molecule has 2 unspecified atom stereocenters. The number of hydrogen-bond acceptors (Lipinski definition) is 3. The van der Waals surface area contributed by atoms with E-state index in [0.717, 1.165) is 6.42 Å². The molecular weight excluding hydrogens is 252 g/mol. The summed E-state index contributed by atoms with van der Waals surface area (Å²) < 4.78 is 0. The number of nitrogens with two attached hydrogens (primary N) is 1. The first-order valence-electron chi connectivity index (χ1n) is 5.55. The van der Waals surface area contributed by atoms with Gasteiger partial charge in [-0.05, 0) is 32.9 Å². The van der Waals surface area contributed by atoms with Gasteiger partial charge in [0.05, 0.1) is 10.9 Å². The van der Waals surface area contributed by atoms with Crippen molar-refractivity contribution in [3.05, 3.63) is 21.9 Å². The summed E-state index contributed by atoms with van der Waals surface area (Å²) in [6, 6.07) is 4.28. The number of carbonyl (C=O) groups excluding carboxylic acids is 1. The predicted molar refractivity (Wildman–Crippen MR) is 76.3 cm³/mol. The summed E-state index contributed by atoms with van der Waals surface area (Å²) in [7, 11) is 0. The van der Waals surface area contributed by atoms with Gasteiger partial charge in [0.25, 0.3) is 0 Å². The molecule has 0 bridgehead atoms. The summed E-state index contributed by atoms with van der Waals surface area (Å²) in [6.07, 6.45) is 0.842. The van der Waals surface area contributed by atoms with Gasteiger partial charge in [-0.2, -0.15) is 0 Å². The number of amides is 1. The van der Waals surface area contributed by atoms with Crippen LogP contribution in [0.15, 0.2) is 12.1 Å². The highest BCUT2D eigenvalue weighted by Gasteiger charge is 2.17. The van der Waals surface area contributed by atoms with Crippen LogP contribution in [0.2, 0.25) is 0 Å². The number of hydrogen-bond donors (Lipinski definition) is 2. The lowest BCUT2D eigenvalue weighted by Gasteiger charge is -2.16. The Balaban J connectivity index is 2.47. The third-order valence-electron chi connectivity index (χ3n) is 2.51. The summed E-state index contributed by atoms with van der Waals surface area (Å²) in [6.45, 7) is 5.78. The van der Waals surface area contributed by atoms with Gasteiger partial charge in [0.2, 0.25) is 5.91 Å². The van der Waals surface area contributed by atoms with Crippen LogP contribution in [0.3, 0.4) is 0 Å². The van der Waals surface area contributed by atoms with Crippen molar-refractivity contribution in [2.45, 2.75) is 33.2 Å². The normalized spacial score (nSPS) is 14.1. The van der Waals surface area contributed by atoms with Crippen LogP contribution < -0.4 is 11.1 Å². The van der Waals surface area contributed by atoms with Crippen molar-refractivity contribution in [2.75, 3.05) is 0 Å². The Morgan fingerprint density at radius 1 is 1.53 bits per heavy atom. The molecule has 0 fully saturated rings. The maximum atomic E-state index is 11.7. The zero-order chi connectivity index (χ0) is 13.0. The monoisotopic (exact) mass is 270 g/mol. The van der Waals surface area contributed by atoms with Gasteiger partial charge in [-0.1, -0.05) is 12.2 Å². The van der Waals surface area contributed by atoms with Crippen molar-refractivity contribution < 1.29 is 4.79 Å². The van der Waals surface area contributed by atoms with Gasteiger partial charge < -0.3 is 11.1 Å². The lowest BCUT2D eigenvalue weighted by Crippen LogP contribution is -2.41. The molecule has 1 heterocycles. The van der Waals surface area contributed by atoms with Crippen LogP contribution in [0.5, 0.6) is 0 Å². The Kier molecular flexibility index (Phi) is 5.08. The number of nitrogens with one attached hydrogen (secondary N) is 1. The van der Waals surface area contributed by atoms with Crippen LogP contribution in [0.1, 0.15) is 23.6 Å². The van der Waals surface area contributed by atoms with Crippen molar-refractivity contribution in [3.8, 4) is 0 Å². The molecule has 3 N–H and O–H groups in total. The van der Waals surface area contributed by atoms with Gasteiger partial charge in [-0.15, -0.1) is 11.3 Å². The molecule has 3 nitrogen and oxygen atoms in total. The minimum atomic E-state index is -0.405. The second kappa shape index (κ2) is 6.12.